The third-order valence-corrected chi connectivity index (χ3v) is 2.97. The Morgan fingerprint density at radius 2 is 2.00 bits per heavy atom. The van der Waals surface area contributed by atoms with Crippen molar-refractivity contribution in [2.75, 3.05) is 5.32 Å². The highest BCUT2D eigenvalue weighted by Crippen LogP contribution is 2.21. The van der Waals surface area contributed by atoms with Crippen molar-refractivity contribution in [2.24, 2.45) is 0 Å². The lowest BCUT2D eigenvalue weighted by Gasteiger charge is -2.11. The van der Waals surface area contributed by atoms with Gasteiger partial charge >= 0.3 is 5.69 Å². The first kappa shape index (κ1) is 14.3. The van der Waals surface area contributed by atoms with E-state index in [-0.39, 0.29) is 16.9 Å². The summed E-state index contributed by atoms with van der Waals surface area (Å²) < 4.78 is 14.1. The zero-order chi connectivity index (χ0) is 14.9. The molecule has 0 unspecified atom stereocenters. The van der Waals surface area contributed by atoms with Crippen molar-refractivity contribution in [2.45, 2.75) is 19.9 Å². The molecular weight excluding hydrogens is 285 g/mol. The largest absolute Gasteiger partial charge is 0.341 e. The minimum atomic E-state index is -0.541. The lowest BCUT2D eigenvalue weighted by Crippen LogP contribution is -2.36. The fourth-order valence-electron chi connectivity index (χ4n) is 1.79. The van der Waals surface area contributed by atoms with Crippen LogP contribution in [0.15, 0.2) is 33.9 Å². The molecule has 7 heteroatoms. The van der Waals surface area contributed by atoms with E-state index in [1.165, 1.54) is 24.3 Å². The standard InChI is InChI=1S/C13H13ClFN3O2/c1-7(2)18-12(19)6-11(17-13(18)20)16-8-3-4-10(15)9(14)5-8/h3-7,16H,1-2H3,(H,17,20). The Bertz CT molecular complexity index is 721. The van der Waals surface area contributed by atoms with Gasteiger partial charge < -0.3 is 5.32 Å². The average Bonchev–Trinajstić information content (AvgIpc) is 2.32. The molecule has 0 bridgehead atoms. The second kappa shape index (κ2) is 5.50. The number of nitrogens with one attached hydrogen (secondary N) is 2. The lowest BCUT2D eigenvalue weighted by molar-refractivity contribution is 0.547. The summed E-state index contributed by atoms with van der Waals surface area (Å²) in [6, 6.07) is 5.04. The number of nitrogens with zero attached hydrogens (tertiary/aromatic N) is 1. The minimum Gasteiger partial charge on any atom is -0.341 e. The Labute approximate surface area is 119 Å². The molecule has 0 saturated carbocycles. The van der Waals surface area contributed by atoms with Crippen LogP contribution < -0.4 is 16.6 Å². The first-order chi connectivity index (χ1) is 9.38. The number of hydrogen-bond donors (Lipinski definition) is 2. The van der Waals surface area contributed by atoms with E-state index in [1.54, 1.807) is 13.8 Å². The molecule has 20 heavy (non-hydrogen) atoms. The molecule has 0 saturated heterocycles. The maximum absolute atomic E-state index is 13.0. The molecule has 1 aromatic carbocycles. The van der Waals surface area contributed by atoms with Gasteiger partial charge in [-0.15, -0.1) is 0 Å². The summed E-state index contributed by atoms with van der Waals surface area (Å²) in [7, 11) is 0. The van der Waals surface area contributed by atoms with Gasteiger partial charge in [-0.1, -0.05) is 11.6 Å². The number of halogens is 2. The molecule has 0 aliphatic rings. The molecular formula is C13H13ClFN3O2. The summed E-state index contributed by atoms with van der Waals surface area (Å²) in [4.78, 5) is 26.2. The highest BCUT2D eigenvalue weighted by molar-refractivity contribution is 6.31. The van der Waals surface area contributed by atoms with Crippen LogP contribution in [0.3, 0.4) is 0 Å². The normalized spacial score (nSPS) is 10.8. The monoisotopic (exact) mass is 297 g/mol. The Balaban J connectivity index is 2.38. The highest BCUT2D eigenvalue weighted by Gasteiger charge is 2.08. The number of hydrogen-bond acceptors (Lipinski definition) is 3. The molecule has 5 nitrogen and oxygen atoms in total. The van der Waals surface area contributed by atoms with Crippen molar-refractivity contribution in [1.29, 1.82) is 0 Å². The van der Waals surface area contributed by atoms with Crippen LogP contribution in [-0.2, 0) is 0 Å². The van der Waals surface area contributed by atoms with Crippen molar-refractivity contribution in [3.63, 3.8) is 0 Å². The first-order valence-corrected chi connectivity index (χ1v) is 6.34. The Morgan fingerprint density at radius 3 is 2.55 bits per heavy atom. The summed E-state index contributed by atoms with van der Waals surface area (Å²) >= 11 is 5.66. The third-order valence-electron chi connectivity index (χ3n) is 2.68. The van der Waals surface area contributed by atoms with E-state index in [1.807, 2.05) is 0 Å². The topological polar surface area (TPSA) is 66.9 Å². The average molecular weight is 298 g/mol. The van der Waals surface area contributed by atoms with E-state index in [2.05, 4.69) is 10.3 Å². The SMILES string of the molecule is CC(C)n1c(=O)cc(Nc2ccc(F)c(Cl)c2)[nH]c1=O. The summed E-state index contributed by atoms with van der Waals surface area (Å²) in [5, 5.41) is 2.75. The van der Waals surface area contributed by atoms with Crippen molar-refractivity contribution in [1.82, 2.24) is 9.55 Å². The van der Waals surface area contributed by atoms with Gasteiger partial charge in [0.15, 0.2) is 0 Å². The molecule has 2 N–H and O–H groups in total. The Morgan fingerprint density at radius 1 is 1.30 bits per heavy atom. The van der Waals surface area contributed by atoms with Gasteiger partial charge in [0.25, 0.3) is 5.56 Å². The Hall–Kier alpha value is -2.08. The lowest BCUT2D eigenvalue weighted by atomic mass is 10.3. The van der Waals surface area contributed by atoms with Crippen molar-refractivity contribution in [3.8, 4) is 0 Å². The summed E-state index contributed by atoms with van der Waals surface area (Å²) in [5.74, 6) is -0.319. The van der Waals surface area contributed by atoms with Crippen LogP contribution in [0.2, 0.25) is 5.02 Å². The summed E-state index contributed by atoms with van der Waals surface area (Å²) in [6.45, 7) is 3.48. The predicted octanol–water partition coefficient (Wildman–Crippen LogP) is 2.65. The number of benzene rings is 1. The third kappa shape index (κ3) is 2.91. The molecule has 0 atom stereocenters. The van der Waals surface area contributed by atoms with E-state index < -0.39 is 17.1 Å². The van der Waals surface area contributed by atoms with Gasteiger partial charge in [-0.05, 0) is 32.0 Å². The van der Waals surface area contributed by atoms with Gasteiger partial charge in [-0.3, -0.25) is 14.3 Å². The minimum absolute atomic E-state index is 0.0483. The smallest absolute Gasteiger partial charge is 0.330 e. The van der Waals surface area contributed by atoms with E-state index >= 15 is 0 Å². The fourth-order valence-corrected chi connectivity index (χ4v) is 1.97. The number of aromatic amines is 1. The molecule has 106 valence electrons. The van der Waals surface area contributed by atoms with E-state index in [4.69, 9.17) is 11.6 Å². The maximum Gasteiger partial charge on any atom is 0.330 e. The van der Waals surface area contributed by atoms with Crippen LogP contribution in [0.5, 0.6) is 0 Å². The molecule has 0 spiro atoms. The zero-order valence-electron chi connectivity index (χ0n) is 10.9. The molecule has 1 aromatic heterocycles. The van der Waals surface area contributed by atoms with Crippen LogP contribution >= 0.6 is 11.6 Å². The number of rotatable bonds is 3. The number of aromatic nitrogens is 2. The zero-order valence-corrected chi connectivity index (χ0v) is 11.7. The second-order valence-corrected chi connectivity index (χ2v) is 4.95. The van der Waals surface area contributed by atoms with Crippen LogP contribution in [0, 0.1) is 5.82 Å². The number of anilines is 2. The van der Waals surface area contributed by atoms with Gasteiger partial charge in [0.2, 0.25) is 0 Å². The molecule has 1 heterocycles. The molecule has 0 aliphatic heterocycles. The molecule has 2 aromatic rings. The van der Waals surface area contributed by atoms with Gasteiger partial charge in [-0.2, -0.15) is 0 Å². The maximum atomic E-state index is 13.0. The van der Waals surface area contributed by atoms with Gasteiger partial charge in [0, 0.05) is 17.8 Å². The quantitative estimate of drug-likeness (QED) is 0.915. The van der Waals surface area contributed by atoms with Gasteiger partial charge in [0.1, 0.15) is 11.6 Å². The van der Waals surface area contributed by atoms with Crippen LogP contribution in [0.4, 0.5) is 15.9 Å². The molecule has 0 fully saturated rings. The van der Waals surface area contributed by atoms with Gasteiger partial charge in [-0.25, -0.2) is 9.18 Å². The molecule has 0 aliphatic carbocycles. The fraction of sp³-hybridized carbons (Fsp3) is 0.231. The Kier molecular flexibility index (Phi) is 3.94. The molecule has 2 rings (SSSR count). The second-order valence-electron chi connectivity index (χ2n) is 4.54. The van der Waals surface area contributed by atoms with Crippen molar-refractivity contribution < 1.29 is 4.39 Å². The first-order valence-electron chi connectivity index (χ1n) is 5.96. The van der Waals surface area contributed by atoms with Crippen LogP contribution in [0.25, 0.3) is 0 Å². The van der Waals surface area contributed by atoms with Crippen molar-refractivity contribution in [3.05, 3.63) is 55.9 Å². The summed E-state index contributed by atoms with van der Waals surface area (Å²) in [6.07, 6.45) is 0. The van der Waals surface area contributed by atoms with Crippen molar-refractivity contribution >= 4 is 23.1 Å². The van der Waals surface area contributed by atoms with Crippen LogP contribution in [0.1, 0.15) is 19.9 Å². The van der Waals surface area contributed by atoms with E-state index in [0.29, 0.717) is 5.69 Å². The molecule has 0 radical (unpaired) electrons. The van der Waals surface area contributed by atoms with Crippen LogP contribution in [-0.4, -0.2) is 9.55 Å². The summed E-state index contributed by atoms with van der Waals surface area (Å²) in [5.41, 5.74) is -0.462. The van der Waals surface area contributed by atoms with E-state index in [0.717, 1.165) is 4.57 Å². The highest BCUT2D eigenvalue weighted by atomic mass is 35.5. The predicted molar refractivity (Wildman–Crippen MR) is 76.4 cm³/mol. The van der Waals surface area contributed by atoms with Gasteiger partial charge in [0.05, 0.1) is 5.02 Å². The molecule has 0 amide bonds. The number of H-pyrrole nitrogens is 1. The van der Waals surface area contributed by atoms with E-state index in [9.17, 15) is 14.0 Å².